The zero-order valence-electron chi connectivity index (χ0n) is 10.9. The van der Waals surface area contributed by atoms with Crippen LogP contribution in [-0.2, 0) is 0 Å². The van der Waals surface area contributed by atoms with Crippen molar-refractivity contribution in [2.45, 2.75) is 0 Å². The third-order valence-corrected chi connectivity index (χ3v) is 2.74. The summed E-state index contributed by atoms with van der Waals surface area (Å²) >= 11 is 0. The van der Waals surface area contributed by atoms with Gasteiger partial charge in [-0.05, 0) is 36.4 Å². The van der Waals surface area contributed by atoms with E-state index in [-0.39, 0.29) is 6.61 Å². The summed E-state index contributed by atoms with van der Waals surface area (Å²) in [4.78, 5) is 10.5. The Bertz CT molecular complexity index is 540. The number of pyridine rings is 2. The van der Waals surface area contributed by atoms with E-state index in [0.717, 1.165) is 17.1 Å². The van der Waals surface area contributed by atoms with Crippen LogP contribution in [0.25, 0.3) is 12.2 Å². The second-order valence-corrected chi connectivity index (χ2v) is 4.15. The average molecular weight is 255 g/mol. The lowest BCUT2D eigenvalue weighted by molar-refractivity contribution is 0.304. The highest BCUT2D eigenvalue weighted by Crippen LogP contribution is 2.18. The summed E-state index contributed by atoms with van der Waals surface area (Å²) in [6.07, 6.45) is 7.45. The van der Waals surface area contributed by atoms with Gasteiger partial charge in [0.15, 0.2) is 0 Å². The highest BCUT2D eigenvalue weighted by Gasteiger charge is 2.05. The second kappa shape index (κ2) is 6.66. The van der Waals surface area contributed by atoms with Gasteiger partial charge in [0.05, 0.1) is 12.3 Å². The lowest BCUT2D eigenvalue weighted by atomic mass is 10.2. The van der Waals surface area contributed by atoms with Crippen molar-refractivity contribution in [1.82, 2.24) is 9.97 Å². The molecule has 2 aromatic heterocycles. The molecule has 0 aromatic carbocycles. The fraction of sp³-hybridized carbons (Fsp3) is 0.200. The lowest BCUT2D eigenvalue weighted by Crippen LogP contribution is -2.22. The van der Waals surface area contributed by atoms with Crippen LogP contribution in [0.2, 0.25) is 0 Å². The van der Waals surface area contributed by atoms with Crippen LogP contribution in [0.4, 0.5) is 5.82 Å². The number of aliphatic hydroxyl groups excluding tert-OH is 1. The minimum absolute atomic E-state index is 0.108. The van der Waals surface area contributed by atoms with E-state index in [1.807, 2.05) is 54.4 Å². The van der Waals surface area contributed by atoms with Gasteiger partial charge in [-0.25, -0.2) is 4.98 Å². The highest BCUT2D eigenvalue weighted by molar-refractivity contribution is 5.74. The van der Waals surface area contributed by atoms with Gasteiger partial charge < -0.3 is 10.0 Å². The molecule has 0 radical (unpaired) electrons. The SMILES string of the molecule is CN(CCO)c1ncccc1/C=C/c1ccccn1. The molecule has 0 aliphatic rings. The Morgan fingerprint density at radius 1 is 1.11 bits per heavy atom. The highest BCUT2D eigenvalue weighted by atomic mass is 16.3. The molecule has 0 saturated heterocycles. The van der Waals surface area contributed by atoms with Gasteiger partial charge in [-0.15, -0.1) is 0 Å². The van der Waals surface area contributed by atoms with Gasteiger partial charge >= 0.3 is 0 Å². The Balaban J connectivity index is 2.23. The molecule has 0 saturated carbocycles. The summed E-state index contributed by atoms with van der Waals surface area (Å²) < 4.78 is 0. The van der Waals surface area contributed by atoms with Gasteiger partial charge in [0.2, 0.25) is 0 Å². The van der Waals surface area contributed by atoms with Gasteiger partial charge in [0, 0.05) is 31.5 Å². The Hall–Kier alpha value is -2.20. The van der Waals surface area contributed by atoms with E-state index in [1.54, 1.807) is 12.4 Å². The largest absolute Gasteiger partial charge is 0.395 e. The van der Waals surface area contributed by atoms with Crippen molar-refractivity contribution in [3.05, 3.63) is 54.0 Å². The summed E-state index contributed by atoms with van der Waals surface area (Å²) in [5.74, 6) is 0.851. The number of anilines is 1. The first kappa shape index (κ1) is 13.2. The molecule has 0 unspecified atom stereocenters. The van der Waals surface area contributed by atoms with E-state index >= 15 is 0 Å². The van der Waals surface area contributed by atoms with Crippen molar-refractivity contribution in [3.63, 3.8) is 0 Å². The molecule has 98 valence electrons. The van der Waals surface area contributed by atoms with Gasteiger partial charge in [-0.3, -0.25) is 4.98 Å². The Labute approximate surface area is 113 Å². The molecule has 19 heavy (non-hydrogen) atoms. The molecule has 0 aliphatic heterocycles. The number of hydrogen-bond donors (Lipinski definition) is 1. The molecule has 4 nitrogen and oxygen atoms in total. The predicted molar refractivity (Wildman–Crippen MR) is 77.8 cm³/mol. The number of rotatable bonds is 5. The van der Waals surface area contributed by atoms with Gasteiger partial charge in [0.25, 0.3) is 0 Å². The van der Waals surface area contributed by atoms with E-state index in [9.17, 15) is 0 Å². The number of likely N-dealkylation sites (N-methyl/N-ethyl adjacent to an activating group) is 1. The minimum Gasteiger partial charge on any atom is -0.395 e. The molecule has 0 atom stereocenters. The molecule has 2 heterocycles. The topological polar surface area (TPSA) is 49.2 Å². The van der Waals surface area contributed by atoms with E-state index < -0.39 is 0 Å². The van der Waals surface area contributed by atoms with Gasteiger partial charge in [0.1, 0.15) is 5.82 Å². The number of aromatic nitrogens is 2. The first-order chi connectivity index (χ1) is 9.31. The Morgan fingerprint density at radius 3 is 2.68 bits per heavy atom. The summed E-state index contributed by atoms with van der Waals surface area (Å²) in [6.45, 7) is 0.665. The van der Waals surface area contributed by atoms with Crippen molar-refractivity contribution < 1.29 is 5.11 Å². The number of hydrogen-bond acceptors (Lipinski definition) is 4. The van der Waals surface area contributed by atoms with Crippen molar-refractivity contribution in [2.75, 3.05) is 25.1 Å². The fourth-order valence-electron chi connectivity index (χ4n) is 1.76. The molecule has 2 aromatic rings. The van der Waals surface area contributed by atoms with Crippen molar-refractivity contribution in [1.29, 1.82) is 0 Å². The van der Waals surface area contributed by atoms with Crippen LogP contribution in [0.3, 0.4) is 0 Å². The molecule has 0 fully saturated rings. The van der Waals surface area contributed by atoms with E-state index in [2.05, 4.69) is 9.97 Å². The maximum Gasteiger partial charge on any atom is 0.135 e. The van der Waals surface area contributed by atoms with E-state index in [0.29, 0.717) is 6.54 Å². The molecule has 1 N–H and O–H groups in total. The molecule has 2 rings (SSSR count). The predicted octanol–water partition coefficient (Wildman–Crippen LogP) is 2.08. The monoisotopic (exact) mass is 255 g/mol. The third-order valence-electron chi connectivity index (χ3n) is 2.74. The summed E-state index contributed by atoms with van der Waals surface area (Å²) in [7, 11) is 1.91. The zero-order chi connectivity index (χ0) is 13.5. The molecule has 0 aliphatic carbocycles. The van der Waals surface area contributed by atoms with Crippen molar-refractivity contribution >= 4 is 18.0 Å². The first-order valence-corrected chi connectivity index (χ1v) is 6.17. The normalized spacial score (nSPS) is 10.8. The molecule has 0 spiro atoms. The second-order valence-electron chi connectivity index (χ2n) is 4.15. The van der Waals surface area contributed by atoms with Gasteiger partial charge in [-0.1, -0.05) is 6.07 Å². The van der Waals surface area contributed by atoms with Crippen molar-refractivity contribution in [3.8, 4) is 0 Å². The van der Waals surface area contributed by atoms with E-state index in [4.69, 9.17) is 5.11 Å². The zero-order valence-corrected chi connectivity index (χ0v) is 10.9. The number of nitrogens with zero attached hydrogens (tertiary/aromatic N) is 3. The lowest BCUT2D eigenvalue weighted by Gasteiger charge is -2.18. The van der Waals surface area contributed by atoms with E-state index in [1.165, 1.54) is 0 Å². The molecule has 0 amide bonds. The first-order valence-electron chi connectivity index (χ1n) is 6.17. The van der Waals surface area contributed by atoms with Crippen molar-refractivity contribution in [2.24, 2.45) is 0 Å². The Morgan fingerprint density at radius 2 is 1.95 bits per heavy atom. The van der Waals surface area contributed by atoms with Crippen LogP contribution in [0.5, 0.6) is 0 Å². The van der Waals surface area contributed by atoms with Crippen LogP contribution in [0, 0.1) is 0 Å². The van der Waals surface area contributed by atoms with Crippen LogP contribution < -0.4 is 4.90 Å². The minimum atomic E-state index is 0.108. The maximum absolute atomic E-state index is 9.00. The standard InChI is InChI=1S/C15H17N3O/c1-18(11-12-19)15-13(5-4-10-17-15)7-8-14-6-2-3-9-16-14/h2-10,19H,11-12H2,1H3/b8-7+. The summed E-state index contributed by atoms with van der Waals surface area (Å²) in [6, 6.07) is 9.69. The van der Waals surface area contributed by atoms with Crippen LogP contribution in [0.15, 0.2) is 42.7 Å². The van der Waals surface area contributed by atoms with Crippen LogP contribution >= 0.6 is 0 Å². The fourth-order valence-corrected chi connectivity index (χ4v) is 1.76. The summed E-state index contributed by atoms with van der Waals surface area (Å²) in [5.41, 5.74) is 1.91. The number of aliphatic hydroxyl groups is 1. The molecular formula is C15H17N3O. The quantitative estimate of drug-likeness (QED) is 0.888. The summed E-state index contributed by atoms with van der Waals surface area (Å²) in [5, 5.41) is 9.00. The van der Waals surface area contributed by atoms with Crippen LogP contribution in [-0.4, -0.2) is 35.3 Å². The maximum atomic E-state index is 9.00. The molecule has 0 bridgehead atoms. The van der Waals surface area contributed by atoms with Gasteiger partial charge in [-0.2, -0.15) is 0 Å². The smallest absolute Gasteiger partial charge is 0.135 e. The average Bonchev–Trinajstić information content (AvgIpc) is 2.47. The van der Waals surface area contributed by atoms with Crippen LogP contribution in [0.1, 0.15) is 11.3 Å². The molecule has 4 heteroatoms. The molecular weight excluding hydrogens is 238 g/mol. The third kappa shape index (κ3) is 3.63. The Kier molecular flexibility index (Phi) is 4.64.